The Kier molecular flexibility index (Phi) is 7.17. The highest BCUT2D eigenvalue weighted by molar-refractivity contribution is 6.30. The third kappa shape index (κ3) is 4.92. The van der Waals surface area contributed by atoms with Crippen LogP contribution >= 0.6 is 11.6 Å². The predicted molar refractivity (Wildman–Crippen MR) is 127 cm³/mol. The molecule has 1 amide bonds. The Morgan fingerprint density at radius 3 is 2.65 bits per heavy atom. The number of halogens is 1. The summed E-state index contributed by atoms with van der Waals surface area (Å²) in [5.74, 6) is -0.526. The number of rotatable bonds is 8. The summed E-state index contributed by atoms with van der Waals surface area (Å²) in [7, 11) is 1.59. The lowest BCUT2D eigenvalue weighted by Crippen LogP contribution is -2.32. The van der Waals surface area contributed by atoms with E-state index in [1.165, 1.54) is 16.7 Å². The maximum Gasteiger partial charge on any atom is 0.312 e. The van der Waals surface area contributed by atoms with E-state index in [1.807, 2.05) is 24.3 Å². The monoisotopic (exact) mass is 483 g/mol. The second-order valence-corrected chi connectivity index (χ2v) is 8.67. The molecule has 0 N–H and O–H groups in total. The van der Waals surface area contributed by atoms with Crippen LogP contribution in [-0.4, -0.2) is 39.8 Å². The molecule has 1 fully saturated rings. The molecular formula is C25H26ClN3O5. The van der Waals surface area contributed by atoms with E-state index in [2.05, 4.69) is 11.9 Å². The number of carbonyl (C=O) groups excluding carboxylic acids is 2. The predicted octanol–water partition coefficient (Wildman–Crippen LogP) is 3.79. The topological polar surface area (TPSA) is 90.2 Å². The van der Waals surface area contributed by atoms with E-state index in [1.54, 1.807) is 24.1 Å². The minimum Gasteiger partial charge on any atom is -0.497 e. The Balaban J connectivity index is 1.55. The van der Waals surface area contributed by atoms with Crippen molar-refractivity contribution in [3.05, 3.63) is 75.3 Å². The zero-order chi connectivity index (χ0) is 24.2. The number of likely N-dealkylation sites (tertiary alicyclic amines) is 1. The molecule has 0 radical (unpaired) electrons. The molecule has 4 rings (SSSR count). The first-order valence-electron chi connectivity index (χ1n) is 11.2. The molecule has 8 nitrogen and oxygen atoms in total. The molecule has 9 heteroatoms. The van der Waals surface area contributed by atoms with Gasteiger partial charge in [-0.05, 0) is 36.2 Å². The second kappa shape index (κ2) is 10.3. The molecule has 3 heterocycles. The molecule has 0 aliphatic carbocycles. The van der Waals surface area contributed by atoms with E-state index in [0.717, 1.165) is 18.4 Å². The van der Waals surface area contributed by atoms with Crippen molar-refractivity contribution in [2.24, 2.45) is 5.92 Å². The number of pyridine rings is 1. The lowest BCUT2D eigenvalue weighted by molar-refractivity contribution is -0.151. The average molecular weight is 484 g/mol. The minimum absolute atomic E-state index is 0.0739. The van der Waals surface area contributed by atoms with Gasteiger partial charge in [-0.15, -0.1) is 0 Å². The van der Waals surface area contributed by atoms with Crippen LogP contribution < -0.4 is 10.3 Å². The molecule has 2 aromatic heterocycles. The van der Waals surface area contributed by atoms with Gasteiger partial charge in [0.05, 0.1) is 29.8 Å². The number of hydrogen-bond acceptors (Lipinski definition) is 6. The van der Waals surface area contributed by atoms with Gasteiger partial charge >= 0.3 is 5.97 Å². The zero-order valence-electron chi connectivity index (χ0n) is 19.1. The van der Waals surface area contributed by atoms with Crippen LogP contribution in [0.15, 0.2) is 53.5 Å². The number of ether oxygens (including phenoxy) is 2. The molecule has 178 valence electrons. The number of nitrogens with zero attached hydrogens (tertiary/aromatic N) is 3. The van der Waals surface area contributed by atoms with Crippen molar-refractivity contribution in [3.63, 3.8) is 0 Å². The van der Waals surface area contributed by atoms with E-state index in [4.69, 9.17) is 21.1 Å². The van der Waals surface area contributed by atoms with Crippen molar-refractivity contribution < 1.29 is 19.1 Å². The van der Waals surface area contributed by atoms with Gasteiger partial charge in [0.15, 0.2) is 0 Å². The van der Waals surface area contributed by atoms with Crippen molar-refractivity contribution in [1.29, 1.82) is 0 Å². The van der Waals surface area contributed by atoms with Gasteiger partial charge in [-0.3, -0.25) is 18.8 Å². The van der Waals surface area contributed by atoms with Gasteiger partial charge in [0.2, 0.25) is 5.91 Å². The van der Waals surface area contributed by atoms with E-state index < -0.39 is 17.9 Å². The van der Waals surface area contributed by atoms with Crippen LogP contribution in [0.25, 0.3) is 5.65 Å². The third-order valence-corrected chi connectivity index (χ3v) is 6.21. The number of fused-ring (bicyclic) bond motifs is 1. The van der Waals surface area contributed by atoms with Crippen molar-refractivity contribution in [2.45, 2.75) is 38.8 Å². The molecule has 1 saturated heterocycles. The Bertz CT molecular complexity index is 1260. The highest BCUT2D eigenvalue weighted by Crippen LogP contribution is 2.39. The highest BCUT2D eigenvalue weighted by atomic mass is 35.5. The number of amides is 1. The van der Waals surface area contributed by atoms with Gasteiger partial charge in [-0.2, -0.15) is 0 Å². The number of esters is 1. The molecule has 1 aliphatic heterocycles. The maximum atomic E-state index is 13.1. The summed E-state index contributed by atoms with van der Waals surface area (Å²) in [6.45, 7) is 2.46. The second-order valence-electron chi connectivity index (χ2n) is 8.24. The molecular weight excluding hydrogens is 458 g/mol. The van der Waals surface area contributed by atoms with Gasteiger partial charge in [0.1, 0.15) is 18.0 Å². The number of benzene rings is 1. The molecule has 1 aromatic carbocycles. The summed E-state index contributed by atoms with van der Waals surface area (Å²) in [5.41, 5.74) is 1.26. The van der Waals surface area contributed by atoms with Crippen molar-refractivity contribution in [1.82, 2.24) is 14.3 Å². The molecule has 0 unspecified atom stereocenters. The van der Waals surface area contributed by atoms with Gasteiger partial charge in [0.25, 0.3) is 5.56 Å². The molecule has 3 aromatic rings. The highest BCUT2D eigenvalue weighted by Gasteiger charge is 2.45. The van der Waals surface area contributed by atoms with Crippen LogP contribution in [0.5, 0.6) is 5.75 Å². The van der Waals surface area contributed by atoms with E-state index in [-0.39, 0.29) is 24.5 Å². The largest absolute Gasteiger partial charge is 0.497 e. The number of methoxy groups -OCH3 is 1. The summed E-state index contributed by atoms with van der Waals surface area (Å²) >= 11 is 5.95. The summed E-state index contributed by atoms with van der Waals surface area (Å²) in [4.78, 5) is 44.5. The number of carbonyl (C=O) groups is 2. The van der Waals surface area contributed by atoms with Gasteiger partial charge < -0.3 is 14.4 Å². The Morgan fingerprint density at radius 1 is 1.18 bits per heavy atom. The van der Waals surface area contributed by atoms with Crippen molar-refractivity contribution >= 4 is 29.1 Å². The molecule has 0 spiro atoms. The maximum absolute atomic E-state index is 13.1. The number of unbranched alkanes of at least 4 members (excludes halogenated alkanes) is 1. The summed E-state index contributed by atoms with van der Waals surface area (Å²) in [5, 5.41) is 0.415. The molecule has 1 aliphatic rings. The fourth-order valence-corrected chi connectivity index (χ4v) is 4.42. The van der Waals surface area contributed by atoms with Crippen LogP contribution in [0.3, 0.4) is 0 Å². The first kappa shape index (κ1) is 23.8. The normalized spacial score (nSPS) is 17.9. The molecule has 0 saturated carbocycles. The Hall–Kier alpha value is -3.39. The third-order valence-electron chi connectivity index (χ3n) is 5.98. The standard InChI is InChI=1S/C25H26ClN3O5/c1-3-4-11-28-23(31)13-20(24(28)16-5-8-19(33-2)9-6-16)25(32)34-15-18-12-22(30)29-14-17(26)7-10-21(29)27-18/h5-10,12,14,20,24H,3-4,11,13,15H2,1-2H3/t20-,24-/m1/s1. The minimum atomic E-state index is -0.655. The molecule has 0 bridgehead atoms. The zero-order valence-corrected chi connectivity index (χ0v) is 19.8. The quantitative estimate of drug-likeness (QED) is 0.453. The van der Waals surface area contributed by atoms with Crippen molar-refractivity contribution in [3.8, 4) is 5.75 Å². The van der Waals surface area contributed by atoms with Gasteiger partial charge in [-0.25, -0.2) is 4.98 Å². The number of hydrogen-bond donors (Lipinski definition) is 0. The average Bonchev–Trinajstić information content (AvgIpc) is 3.17. The Labute approximate surface area is 202 Å². The summed E-state index contributed by atoms with van der Waals surface area (Å²) in [6, 6.07) is 11.5. The first-order valence-corrected chi connectivity index (χ1v) is 11.6. The van der Waals surface area contributed by atoms with Crippen LogP contribution in [0.2, 0.25) is 5.02 Å². The lowest BCUT2D eigenvalue weighted by Gasteiger charge is -2.28. The fourth-order valence-electron chi connectivity index (χ4n) is 4.26. The van der Waals surface area contributed by atoms with Crippen LogP contribution in [0.1, 0.15) is 43.5 Å². The van der Waals surface area contributed by atoms with Crippen molar-refractivity contribution in [2.75, 3.05) is 13.7 Å². The smallest absolute Gasteiger partial charge is 0.312 e. The summed E-state index contributed by atoms with van der Waals surface area (Å²) < 4.78 is 12.1. The first-order chi connectivity index (χ1) is 16.4. The van der Waals surface area contributed by atoms with Gasteiger partial charge in [0, 0.05) is 25.2 Å². The van der Waals surface area contributed by atoms with Gasteiger partial charge in [-0.1, -0.05) is 37.1 Å². The van der Waals surface area contributed by atoms with Crippen LogP contribution in [-0.2, 0) is 20.9 Å². The van der Waals surface area contributed by atoms with Crippen LogP contribution in [0.4, 0.5) is 0 Å². The molecule has 34 heavy (non-hydrogen) atoms. The molecule has 2 atom stereocenters. The van der Waals surface area contributed by atoms with E-state index in [0.29, 0.717) is 28.7 Å². The van der Waals surface area contributed by atoms with E-state index in [9.17, 15) is 14.4 Å². The Morgan fingerprint density at radius 2 is 1.94 bits per heavy atom. The SMILES string of the molecule is CCCCN1C(=O)C[C@@H](C(=O)OCc2cc(=O)n3cc(Cl)ccc3n2)[C@H]1c1ccc(OC)cc1. The lowest BCUT2D eigenvalue weighted by atomic mass is 9.93. The number of aromatic nitrogens is 2. The summed E-state index contributed by atoms with van der Waals surface area (Å²) in [6.07, 6.45) is 3.33. The van der Waals surface area contributed by atoms with E-state index >= 15 is 0 Å². The fraction of sp³-hybridized carbons (Fsp3) is 0.360. The van der Waals surface area contributed by atoms with Crippen LogP contribution in [0, 0.1) is 5.92 Å².